The lowest BCUT2D eigenvalue weighted by atomic mass is 9.79. The molecule has 12 heteroatoms. The van der Waals surface area contributed by atoms with Gasteiger partial charge in [0.1, 0.15) is 0 Å². The van der Waals surface area contributed by atoms with Gasteiger partial charge in [-0.05, 0) is 164 Å². The van der Waals surface area contributed by atoms with Crippen LogP contribution in [-0.4, -0.2) is 24.1 Å². The molecule has 9 aromatic carbocycles. The highest BCUT2D eigenvalue weighted by Crippen LogP contribution is 2.46. The normalized spacial score (nSPS) is 12.9. The minimum absolute atomic E-state index is 0.243. The van der Waals surface area contributed by atoms with Crippen LogP contribution in [0.3, 0.4) is 0 Å². The van der Waals surface area contributed by atoms with Crippen molar-refractivity contribution in [1.82, 2.24) is 24.1 Å². The SMILES string of the molecule is CC(C)(C)c1cc(-c2nc(-c3cc(C(C)(C)C)cc(C(C)(C)C)c3)nc(-c3ccc(-n4c5ccccc5c5cc(C(F)(F)F)ccc54)c(-c4ccc(-c5ccc(C#N)cc5)cc4-n4c5ccccc5c5cc(C(F)(F)F)ccc54)c3)n2)cc(C(C)(C)C)c1. The van der Waals surface area contributed by atoms with E-state index in [1.807, 2.05) is 100 Å². The summed E-state index contributed by atoms with van der Waals surface area (Å²) in [5.74, 6) is 1.27. The van der Waals surface area contributed by atoms with E-state index in [0.29, 0.717) is 94.7 Å². The van der Waals surface area contributed by atoms with Gasteiger partial charge in [-0.15, -0.1) is 0 Å². The number of hydrogen-bond acceptors (Lipinski definition) is 4. The fourth-order valence-electron chi connectivity index (χ4n) is 11.8. The number of fused-ring (bicyclic) bond motifs is 6. The zero-order valence-corrected chi connectivity index (χ0v) is 51.3. The van der Waals surface area contributed by atoms with Crippen LogP contribution in [-0.2, 0) is 34.0 Å². The Hall–Kier alpha value is -9.34. The lowest BCUT2D eigenvalue weighted by Crippen LogP contribution is -2.17. The molecule has 0 bridgehead atoms. The maximum absolute atomic E-state index is 14.7. The van der Waals surface area contributed by atoms with Gasteiger partial charge in [-0.25, -0.2) is 15.0 Å². The Morgan fingerprint density at radius 2 is 0.705 bits per heavy atom. The summed E-state index contributed by atoms with van der Waals surface area (Å²) >= 11 is 0. The molecule has 12 rings (SSSR count). The van der Waals surface area contributed by atoms with Crippen LogP contribution < -0.4 is 0 Å². The van der Waals surface area contributed by atoms with Crippen LogP contribution in [0.4, 0.5) is 26.3 Å². The number of aromatic nitrogens is 5. The van der Waals surface area contributed by atoms with Gasteiger partial charge in [-0.2, -0.15) is 31.6 Å². The number of nitrogens with zero attached hydrogens (tertiary/aromatic N) is 6. The lowest BCUT2D eigenvalue weighted by Gasteiger charge is -2.26. The molecule has 0 unspecified atom stereocenters. The molecule has 0 spiro atoms. The maximum Gasteiger partial charge on any atom is 0.416 e. The third-order valence-corrected chi connectivity index (χ3v) is 16.9. The Morgan fingerprint density at radius 1 is 0.318 bits per heavy atom. The summed E-state index contributed by atoms with van der Waals surface area (Å²) < 4.78 is 92.1. The number of hydrogen-bond donors (Lipinski definition) is 0. The van der Waals surface area contributed by atoms with Crippen molar-refractivity contribution in [2.24, 2.45) is 0 Å². The number of halogens is 6. The molecule has 0 N–H and O–H groups in total. The van der Waals surface area contributed by atoms with Crippen molar-refractivity contribution in [2.45, 2.75) is 117 Å². The second-order valence-electron chi connectivity index (χ2n) is 27.2. The average Bonchev–Trinajstić information content (AvgIpc) is 1.64. The highest BCUT2D eigenvalue weighted by molar-refractivity contribution is 6.12. The fraction of sp³-hybridized carbons (Fsp3) is 0.237. The Morgan fingerprint density at radius 3 is 1.12 bits per heavy atom. The van der Waals surface area contributed by atoms with Gasteiger partial charge < -0.3 is 9.13 Å². The molecule has 0 aliphatic heterocycles. The largest absolute Gasteiger partial charge is 0.416 e. The summed E-state index contributed by atoms with van der Waals surface area (Å²) in [7, 11) is 0. The van der Waals surface area contributed by atoms with E-state index in [9.17, 15) is 31.6 Å². The van der Waals surface area contributed by atoms with Crippen molar-refractivity contribution in [3.05, 3.63) is 221 Å². The smallest absolute Gasteiger partial charge is 0.309 e. The fourth-order valence-corrected chi connectivity index (χ4v) is 11.8. The summed E-state index contributed by atoms with van der Waals surface area (Å²) in [6.07, 6.45) is -9.24. The maximum atomic E-state index is 14.7. The van der Waals surface area contributed by atoms with E-state index in [1.54, 1.807) is 18.2 Å². The Bertz CT molecular complexity index is 4650. The predicted octanol–water partition coefficient (Wildman–Crippen LogP) is 21.5. The van der Waals surface area contributed by atoms with Gasteiger partial charge in [-0.1, -0.05) is 156 Å². The minimum Gasteiger partial charge on any atom is -0.309 e. The van der Waals surface area contributed by atoms with E-state index in [2.05, 4.69) is 126 Å². The van der Waals surface area contributed by atoms with Crippen LogP contribution in [0, 0.1) is 11.3 Å². The highest BCUT2D eigenvalue weighted by atomic mass is 19.4. The molecule has 88 heavy (non-hydrogen) atoms. The zero-order valence-electron chi connectivity index (χ0n) is 51.3. The first-order chi connectivity index (χ1) is 41.3. The first kappa shape index (κ1) is 59.0. The molecular formula is C76H66F6N6. The molecule has 0 saturated carbocycles. The minimum atomic E-state index is -4.63. The third kappa shape index (κ3) is 10.9. The van der Waals surface area contributed by atoms with Crippen LogP contribution in [0.5, 0.6) is 0 Å². The van der Waals surface area contributed by atoms with E-state index in [0.717, 1.165) is 56.6 Å². The topological polar surface area (TPSA) is 72.3 Å². The summed E-state index contributed by atoms with van der Waals surface area (Å²) in [6, 6.07) is 56.7. The van der Waals surface area contributed by atoms with Gasteiger partial charge in [0.15, 0.2) is 17.5 Å². The van der Waals surface area contributed by atoms with E-state index in [1.165, 1.54) is 24.3 Å². The summed E-state index contributed by atoms with van der Waals surface area (Å²) in [5.41, 5.74) is 10.8. The van der Waals surface area contributed by atoms with Crippen LogP contribution in [0.15, 0.2) is 182 Å². The Balaban J connectivity index is 1.22. The average molecular weight is 1180 g/mol. The molecule has 0 fully saturated rings. The highest BCUT2D eigenvalue weighted by Gasteiger charge is 2.34. The molecule has 12 aromatic rings. The van der Waals surface area contributed by atoms with E-state index < -0.39 is 23.5 Å². The van der Waals surface area contributed by atoms with Crippen molar-refractivity contribution in [3.63, 3.8) is 0 Å². The quantitative estimate of drug-likeness (QED) is 0.149. The van der Waals surface area contributed by atoms with Crippen molar-refractivity contribution in [2.75, 3.05) is 0 Å². The second kappa shape index (κ2) is 20.9. The molecule has 0 aliphatic carbocycles. The van der Waals surface area contributed by atoms with Gasteiger partial charge in [-0.3, -0.25) is 0 Å². The summed E-state index contributed by atoms with van der Waals surface area (Å²) in [5, 5.41) is 11.8. The van der Waals surface area contributed by atoms with Crippen molar-refractivity contribution in [1.29, 1.82) is 5.26 Å². The monoisotopic (exact) mass is 1180 g/mol. The summed E-state index contributed by atoms with van der Waals surface area (Å²) in [6.45, 7) is 26.3. The number of para-hydroxylation sites is 2. The molecule has 0 atom stereocenters. The number of nitriles is 1. The second-order valence-corrected chi connectivity index (χ2v) is 27.2. The van der Waals surface area contributed by atoms with Crippen LogP contribution in [0.25, 0.3) is 111 Å². The lowest BCUT2D eigenvalue weighted by molar-refractivity contribution is -0.138. The van der Waals surface area contributed by atoms with Gasteiger partial charge in [0, 0.05) is 49.4 Å². The van der Waals surface area contributed by atoms with Crippen molar-refractivity contribution >= 4 is 43.6 Å². The number of benzene rings is 9. The third-order valence-electron chi connectivity index (χ3n) is 16.9. The molecule has 0 saturated heterocycles. The van der Waals surface area contributed by atoms with Gasteiger partial charge in [0.25, 0.3) is 0 Å². The van der Waals surface area contributed by atoms with E-state index in [-0.39, 0.29) is 21.7 Å². The number of rotatable bonds is 7. The Kier molecular flexibility index (Phi) is 14.0. The first-order valence-corrected chi connectivity index (χ1v) is 29.4. The van der Waals surface area contributed by atoms with Gasteiger partial charge >= 0.3 is 12.4 Å². The predicted molar refractivity (Wildman–Crippen MR) is 345 cm³/mol. The molecule has 3 heterocycles. The first-order valence-electron chi connectivity index (χ1n) is 29.4. The van der Waals surface area contributed by atoms with Crippen molar-refractivity contribution < 1.29 is 26.3 Å². The van der Waals surface area contributed by atoms with E-state index >= 15 is 0 Å². The van der Waals surface area contributed by atoms with Gasteiger partial charge in [0.05, 0.1) is 56.2 Å². The van der Waals surface area contributed by atoms with E-state index in [4.69, 9.17) is 15.0 Å². The standard InChI is InChI=1S/C76H66F6N6/c1-71(2,3)52-33-48(34-53(39-52)72(4,5)6)69-84-68(85-70(86-69)49-35-54(73(7,8)9)40-55(36-49)74(10,11)12)47-26-30-64(87-62-19-15-13-17-56(62)60-41-50(75(77,78)79)27-31-65(60)87)59(37-47)58-29-25-46(45-23-21-44(43-83)22-24-45)38-67(58)88-63-20-16-14-18-57(63)61-42-51(76(80,81)82)28-32-66(61)88/h13-42H,1-12H3. The molecule has 0 radical (unpaired) electrons. The van der Waals surface area contributed by atoms with Crippen LogP contribution in [0.2, 0.25) is 0 Å². The van der Waals surface area contributed by atoms with Crippen molar-refractivity contribution in [3.8, 4) is 73.9 Å². The molecule has 0 aliphatic rings. The molecule has 442 valence electrons. The summed E-state index contributed by atoms with van der Waals surface area (Å²) in [4.78, 5) is 16.3. The zero-order chi connectivity index (χ0) is 62.8. The molecule has 6 nitrogen and oxygen atoms in total. The Labute approximate surface area is 508 Å². The number of alkyl halides is 6. The van der Waals surface area contributed by atoms with Gasteiger partial charge in [0.2, 0.25) is 0 Å². The molecular weight excluding hydrogens is 1110 g/mol. The molecule has 0 amide bonds. The van der Waals surface area contributed by atoms with Crippen LogP contribution in [0.1, 0.15) is 122 Å². The van der Waals surface area contributed by atoms with Crippen LogP contribution >= 0.6 is 0 Å². The molecule has 3 aromatic heterocycles.